The molecule has 2 aromatic heterocycles. The Kier molecular flexibility index (Phi) is 3.77. The van der Waals surface area contributed by atoms with Crippen molar-refractivity contribution in [3.05, 3.63) is 58.2 Å². The first-order valence-corrected chi connectivity index (χ1v) is 6.77. The highest BCUT2D eigenvalue weighted by molar-refractivity contribution is 6.31. The highest BCUT2D eigenvalue weighted by Gasteiger charge is 2.13. The van der Waals surface area contributed by atoms with Crippen molar-refractivity contribution in [1.29, 1.82) is 0 Å². The Morgan fingerprint density at radius 2 is 2.23 bits per heavy atom. The second kappa shape index (κ2) is 5.88. The summed E-state index contributed by atoms with van der Waals surface area (Å²) in [6.45, 7) is 0.0288. The molecular weight excluding hydrogens is 302 g/mol. The molecule has 0 N–H and O–H groups in total. The van der Waals surface area contributed by atoms with E-state index >= 15 is 0 Å². The average Bonchev–Trinajstić information content (AvgIpc) is 2.53. The normalized spacial score (nSPS) is 10.4. The molecule has 0 fully saturated rings. The van der Waals surface area contributed by atoms with E-state index < -0.39 is 5.69 Å². The Bertz CT molecular complexity index is 930. The third kappa shape index (κ3) is 2.52. The number of ether oxygens (including phenoxy) is 1. The predicted molar refractivity (Wildman–Crippen MR) is 84.5 cm³/mol. The molecule has 3 aromatic rings. The Morgan fingerprint density at radius 3 is 2.95 bits per heavy atom. The molecule has 6 heteroatoms. The second-order valence-electron chi connectivity index (χ2n) is 4.40. The van der Waals surface area contributed by atoms with Gasteiger partial charge in [0.25, 0.3) is 0 Å². The van der Waals surface area contributed by atoms with Crippen LogP contribution in [0, 0.1) is 12.3 Å². The number of halogens is 1. The summed E-state index contributed by atoms with van der Waals surface area (Å²) in [6.07, 6.45) is 8.39. The number of benzene rings is 1. The van der Waals surface area contributed by atoms with E-state index in [2.05, 4.69) is 15.9 Å². The van der Waals surface area contributed by atoms with Crippen LogP contribution in [0.2, 0.25) is 5.02 Å². The predicted octanol–water partition coefficient (Wildman–Crippen LogP) is 2.45. The number of terminal acetylenes is 1. The van der Waals surface area contributed by atoms with Crippen LogP contribution in [0.15, 0.2) is 47.5 Å². The van der Waals surface area contributed by atoms with Crippen LogP contribution in [0.25, 0.3) is 16.6 Å². The van der Waals surface area contributed by atoms with Gasteiger partial charge in [-0.2, -0.15) is 4.98 Å². The summed E-state index contributed by atoms with van der Waals surface area (Å²) >= 11 is 6.06. The maximum atomic E-state index is 12.4. The van der Waals surface area contributed by atoms with Gasteiger partial charge < -0.3 is 4.74 Å². The first-order valence-electron chi connectivity index (χ1n) is 6.39. The molecule has 0 saturated heterocycles. The molecular formula is C16H10ClN3O2. The van der Waals surface area contributed by atoms with Gasteiger partial charge in [-0.3, -0.25) is 9.55 Å². The minimum absolute atomic E-state index is 0.0288. The number of nitrogens with zero attached hydrogens (tertiary/aromatic N) is 3. The van der Waals surface area contributed by atoms with Gasteiger partial charge in [-0.1, -0.05) is 17.5 Å². The zero-order valence-corrected chi connectivity index (χ0v) is 12.1. The summed E-state index contributed by atoms with van der Waals surface area (Å²) < 4.78 is 6.79. The quantitative estimate of drug-likeness (QED) is 0.697. The third-order valence-corrected chi connectivity index (χ3v) is 3.25. The standard InChI is InChI=1S/C16H10ClN3O2/c1-2-8-22-15-13-6-5-11(17)9-14(13)20(16(21)19-15)12-4-3-7-18-10-12/h1,3-7,9-10H,8H2. The van der Waals surface area contributed by atoms with E-state index in [1.165, 1.54) is 4.57 Å². The third-order valence-electron chi connectivity index (χ3n) is 3.02. The van der Waals surface area contributed by atoms with E-state index in [0.717, 1.165) is 0 Å². The first kappa shape index (κ1) is 14.1. The minimum atomic E-state index is -0.491. The van der Waals surface area contributed by atoms with Crippen LogP contribution in [0.1, 0.15) is 0 Å². The molecule has 0 atom stereocenters. The Hall–Kier alpha value is -2.84. The van der Waals surface area contributed by atoms with E-state index in [0.29, 0.717) is 21.6 Å². The van der Waals surface area contributed by atoms with Crippen LogP contribution >= 0.6 is 11.6 Å². The van der Waals surface area contributed by atoms with Gasteiger partial charge in [-0.15, -0.1) is 6.42 Å². The maximum absolute atomic E-state index is 12.4. The van der Waals surface area contributed by atoms with Crippen molar-refractivity contribution in [2.24, 2.45) is 0 Å². The number of hydrogen-bond donors (Lipinski definition) is 0. The fourth-order valence-corrected chi connectivity index (χ4v) is 2.29. The largest absolute Gasteiger partial charge is 0.464 e. The van der Waals surface area contributed by atoms with E-state index in [4.69, 9.17) is 22.8 Å². The lowest BCUT2D eigenvalue weighted by molar-refractivity contribution is 0.358. The molecule has 0 radical (unpaired) electrons. The number of pyridine rings is 1. The molecule has 0 amide bonds. The molecule has 0 bridgehead atoms. The van der Waals surface area contributed by atoms with Gasteiger partial charge in [0.1, 0.15) is 0 Å². The molecule has 2 heterocycles. The molecule has 0 saturated carbocycles. The van der Waals surface area contributed by atoms with Gasteiger partial charge in [-0.25, -0.2) is 4.79 Å². The lowest BCUT2D eigenvalue weighted by Crippen LogP contribution is -2.23. The molecule has 0 unspecified atom stereocenters. The summed E-state index contributed by atoms with van der Waals surface area (Å²) in [7, 11) is 0. The Balaban J connectivity index is 2.34. The number of rotatable bonds is 3. The van der Waals surface area contributed by atoms with Crippen molar-refractivity contribution in [2.75, 3.05) is 6.61 Å². The molecule has 5 nitrogen and oxygen atoms in total. The van der Waals surface area contributed by atoms with Gasteiger partial charge in [-0.05, 0) is 30.3 Å². The summed E-state index contributed by atoms with van der Waals surface area (Å²) in [5.41, 5.74) is 0.679. The average molecular weight is 312 g/mol. The van der Waals surface area contributed by atoms with Crippen molar-refractivity contribution < 1.29 is 4.74 Å². The van der Waals surface area contributed by atoms with E-state index in [9.17, 15) is 4.79 Å². The zero-order valence-electron chi connectivity index (χ0n) is 11.4. The van der Waals surface area contributed by atoms with E-state index in [-0.39, 0.29) is 12.5 Å². The molecule has 0 spiro atoms. The second-order valence-corrected chi connectivity index (χ2v) is 4.84. The molecule has 0 aliphatic heterocycles. The van der Waals surface area contributed by atoms with Crippen molar-refractivity contribution >= 4 is 22.5 Å². The molecule has 0 aliphatic rings. The summed E-state index contributed by atoms with van der Waals surface area (Å²) in [4.78, 5) is 20.4. The van der Waals surface area contributed by atoms with Gasteiger partial charge in [0.15, 0.2) is 6.61 Å². The van der Waals surface area contributed by atoms with E-state index in [1.54, 1.807) is 42.7 Å². The minimum Gasteiger partial charge on any atom is -0.464 e. The van der Waals surface area contributed by atoms with Crippen LogP contribution in [0.3, 0.4) is 0 Å². The van der Waals surface area contributed by atoms with Crippen LogP contribution in [0.5, 0.6) is 5.88 Å². The van der Waals surface area contributed by atoms with Gasteiger partial charge in [0.05, 0.1) is 22.8 Å². The SMILES string of the molecule is C#CCOc1nc(=O)n(-c2cccnc2)c2cc(Cl)ccc12. The van der Waals surface area contributed by atoms with Crippen LogP contribution < -0.4 is 10.4 Å². The van der Waals surface area contributed by atoms with Crippen LogP contribution in [-0.2, 0) is 0 Å². The molecule has 1 aromatic carbocycles. The molecule has 0 aliphatic carbocycles. The van der Waals surface area contributed by atoms with E-state index in [1.807, 2.05) is 0 Å². The monoisotopic (exact) mass is 311 g/mol. The Morgan fingerprint density at radius 1 is 1.36 bits per heavy atom. The zero-order chi connectivity index (χ0) is 15.5. The van der Waals surface area contributed by atoms with Gasteiger partial charge in [0.2, 0.25) is 5.88 Å². The first-order chi connectivity index (χ1) is 10.7. The van der Waals surface area contributed by atoms with Crippen molar-refractivity contribution in [3.8, 4) is 23.9 Å². The lowest BCUT2D eigenvalue weighted by Gasteiger charge is -2.12. The van der Waals surface area contributed by atoms with Gasteiger partial charge in [0, 0.05) is 11.2 Å². The van der Waals surface area contributed by atoms with Crippen LogP contribution in [0.4, 0.5) is 0 Å². The van der Waals surface area contributed by atoms with Crippen LogP contribution in [-0.4, -0.2) is 21.1 Å². The fraction of sp³-hybridized carbons (Fsp3) is 0.0625. The van der Waals surface area contributed by atoms with Crippen molar-refractivity contribution in [1.82, 2.24) is 14.5 Å². The maximum Gasteiger partial charge on any atom is 0.356 e. The number of aromatic nitrogens is 3. The number of fused-ring (bicyclic) bond motifs is 1. The van der Waals surface area contributed by atoms with Crippen molar-refractivity contribution in [2.45, 2.75) is 0 Å². The molecule has 3 rings (SSSR count). The topological polar surface area (TPSA) is 57.0 Å². The number of hydrogen-bond acceptors (Lipinski definition) is 4. The fourth-order valence-electron chi connectivity index (χ4n) is 2.13. The van der Waals surface area contributed by atoms with Gasteiger partial charge >= 0.3 is 5.69 Å². The summed E-state index contributed by atoms with van der Waals surface area (Å²) in [6, 6.07) is 8.62. The molecule has 108 valence electrons. The smallest absolute Gasteiger partial charge is 0.356 e. The lowest BCUT2D eigenvalue weighted by atomic mass is 10.2. The highest BCUT2D eigenvalue weighted by atomic mass is 35.5. The summed E-state index contributed by atoms with van der Waals surface area (Å²) in [5.74, 6) is 2.54. The summed E-state index contributed by atoms with van der Waals surface area (Å²) in [5, 5.41) is 1.14. The van der Waals surface area contributed by atoms with Crippen molar-refractivity contribution in [3.63, 3.8) is 0 Å². The molecule has 22 heavy (non-hydrogen) atoms. The highest BCUT2D eigenvalue weighted by Crippen LogP contribution is 2.26. The Labute approximate surface area is 131 Å².